The highest BCUT2D eigenvalue weighted by Crippen LogP contribution is 2.49. The van der Waals surface area contributed by atoms with Crippen molar-refractivity contribution in [3.63, 3.8) is 0 Å². The molecule has 112 valence electrons. The van der Waals surface area contributed by atoms with E-state index in [-0.39, 0.29) is 30.7 Å². The van der Waals surface area contributed by atoms with Gasteiger partial charge in [0.25, 0.3) is 0 Å². The van der Waals surface area contributed by atoms with Gasteiger partial charge >= 0.3 is 0 Å². The molecule has 0 amide bonds. The minimum atomic E-state index is -0.553. The lowest BCUT2D eigenvalue weighted by Crippen LogP contribution is -2.32. The maximum absolute atomic E-state index is 6.00. The van der Waals surface area contributed by atoms with Crippen molar-refractivity contribution in [2.45, 2.75) is 64.2 Å². The monoisotopic (exact) mass is 282 g/mol. The summed E-state index contributed by atoms with van der Waals surface area (Å²) in [5, 5.41) is 0. The van der Waals surface area contributed by atoms with E-state index in [0.717, 1.165) is 18.6 Å². The molecule has 0 aromatic heterocycles. The standard InChI is InChI=1S/C15H22O5/c1-4-16-12-6-8-5-11-9(7-10(8)17-12)13-14(18-11)20-15(2,3)19-13/h5,8-10,12-14H,4,6-7H2,1-3H3/t8-,9+,10-,12?,13+,14+/m0/s1. The van der Waals surface area contributed by atoms with E-state index in [1.807, 2.05) is 20.8 Å². The van der Waals surface area contributed by atoms with E-state index in [4.69, 9.17) is 23.7 Å². The summed E-state index contributed by atoms with van der Waals surface area (Å²) >= 11 is 0. The molecule has 6 atom stereocenters. The van der Waals surface area contributed by atoms with Crippen LogP contribution in [0.4, 0.5) is 0 Å². The van der Waals surface area contributed by atoms with Gasteiger partial charge in [-0.05, 0) is 33.3 Å². The maximum atomic E-state index is 6.00. The summed E-state index contributed by atoms with van der Waals surface area (Å²) in [5.74, 6) is 1.12. The van der Waals surface area contributed by atoms with Crippen LogP contribution < -0.4 is 0 Å². The van der Waals surface area contributed by atoms with Crippen LogP contribution in [0.2, 0.25) is 0 Å². The minimum absolute atomic E-state index is 0.00746. The molecular weight excluding hydrogens is 260 g/mol. The molecule has 4 rings (SSSR count). The summed E-state index contributed by atoms with van der Waals surface area (Å²) in [6.07, 6.45) is 3.93. The van der Waals surface area contributed by atoms with Crippen LogP contribution in [0, 0.1) is 11.8 Å². The molecule has 5 nitrogen and oxygen atoms in total. The van der Waals surface area contributed by atoms with Gasteiger partial charge < -0.3 is 23.7 Å². The Morgan fingerprint density at radius 2 is 2.15 bits per heavy atom. The lowest BCUT2D eigenvalue weighted by molar-refractivity contribution is -0.189. The Hall–Kier alpha value is -0.620. The average Bonchev–Trinajstić information content (AvgIpc) is 2.96. The van der Waals surface area contributed by atoms with Crippen molar-refractivity contribution in [1.29, 1.82) is 0 Å². The van der Waals surface area contributed by atoms with Crippen LogP contribution in [0.15, 0.2) is 11.8 Å². The molecule has 0 aromatic carbocycles. The quantitative estimate of drug-likeness (QED) is 0.776. The van der Waals surface area contributed by atoms with E-state index >= 15 is 0 Å². The molecule has 3 saturated heterocycles. The SMILES string of the molecule is CCOC1C[C@@H]2C=C3O[C@@H]4OC(C)(C)O[C@@H]4[C@@H]3C[C@@H]2O1. The smallest absolute Gasteiger partial charge is 0.229 e. The zero-order chi connectivity index (χ0) is 13.9. The highest BCUT2D eigenvalue weighted by atomic mass is 16.8. The van der Waals surface area contributed by atoms with E-state index < -0.39 is 5.79 Å². The van der Waals surface area contributed by atoms with Crippen molar-refractivity contribution in [1.82, 2.24) is 0 Å². The molecule has 0 saturated carbocycles. The number of hydrogen-bond donors (Lipinski definition) is 0. The fourth-order valence-electron chi connectivity index (χ4n) is 3.80. The maximum Gasteiger partial charge on any atom is 0.229 e. The van der Waals surface area contributed by atoms with E-state index in [1.54, 1.807) is 0 Å². The summed E-state index contributed by atoms with van der Waals surface area (Å²) in [6, 6.07) is 0. The summed E-state index contributed by atoms with van der Waals surface area (Å²) in [4.78, 5) is 0. The van der Waals surface area contributed by atoms with Crippen molar-refractivity contribution in [2.75, 3.05) is 6.61 Å². The number of rotatable bonds is 2. The van der Waals surface area contributed by atoms with Crippen LogP contribution >= 0.6 is 0 Å². The van der Waals surface area contributed by atoms with Crippen molar-refractivity contribution in [3.05, 3.63) is 11.8 Å². The summed E-state index contributed by atoms with van der Waals surface area (Å²) in [7, 11) is 0. The van der Waals surface area contributed by atoms with E-state index in [0.29, 0.717) is 12.5 Å². The normalized spacial score (nSPS) is 48.2. The molecule has 0 aromatic rings. The number of hydrogen-bond acceptors (Lipinski definition) is 5. The first-order chi connectivity index (χ1) is 9.55. The van der Waals surface area contributed by atoms with Crippen LogP contribution in [-0.4, -0.2) is 37.2 Å². The van der Waals surface area contributed by atoms with Gasteiger partial charge in [0, 0.05) is 18.9 Å². The molecule has 1 aliphatic carbocycles. The van der Waals surface area contributed by atoms with Crippen molar-refractivity contribution in [3.8, 4) is 0 Å². The van der Waals surface area contributed by atoms with Crippen molar-refractivity contribution >= 4 is 0 Å². The topological polar surface area (TPSA) is 46.2 Å². The second kappa shape index (κ2) is 4.44. The Labute approximate surface area is 119 Å². The molecule has 4 aliphatic rings. The largest absolute Gasteiger partial charge is 0.466 e. The Balaban J connectivity index is 1.51. The predicted molar refractivity (Wildman–Crippen MR) is 69.5 cm³/mol. The van der Waals surface area contributed by atoms with Gasteiger partial charge in [0.1, 0.15) is 11.9 Å². The summed E-state index contributed by atoms with van der Waals surface area (Å²) < 4.78 is 29.3. The van der Waals surface area contributed by atoms with Gasteiger partial charge in [-0.25, -0.2) is 0 Å². The highest BCUT2D eigenvalue weighted by Gasteiger charge is 2.56. The van der Waals surface area contributed by atoms with Gasteiger partial charge in [-0.2, -0.15) is 0 Å². The van der Waals surface area contributed by atoms with Crippen LogP contribution in [0.3, 0.4) is 0 Å². The van der Waals surface area contributed by atoms with Crippen molar-refractivity contribution < 1.29 is 23.7 Å². The number of fused-ring (bicyclic) bond motifs is 4. The molecule has 5 heteroatoms. The van der Waals surface area contributed by atoms with E-state index in [1.165, 1.54) is 0 Å². The molecule has 0 bridgehead atoms. The van der Waals surface area contributed by atoms with E-state index in [9.17, 15) is 0 Å². The molecular formula is C15H22O5. The first-order valence-corrected chi connectivity index (χ1v) is 7.57. The average molecular weight is 282 g/mol. The first-order valence-electron chi connectivity index (χ1n) is 7.57. The molecule has 0 N–H and O–H groups in total. The van der Waals surface area contributed by atoms with Gasteiger partial charge in [0.2, 0.25) is 6.29 Å². The second-order valence-corrected chi connectivity index (χ2v) is 6.46. The second-order valence-electron chi connectivity index (χ2n) is 6.46. The summed E-state index contributed by atoms with van der Waals surface area (Å²) in [6.45, 7) is 6.55. The van der Waals surface area contributed by atoms with Gasteiger partial charge in [-0.1, -0.05) is 0 Å². The predicted octanol–water partition coefficient (Wildman–Crippen LogP) is 2.17. The molecule has 3 aliphatic heterocycles. The zero-order valence-electron chi connectivity index (χ0n) is 12.2. The Morgan fingerprint density at radius 3 is 2.95 bits per heavy atom. The highest BCUT2D eigenvalue weighted by molar-refractivity contribution is 5.17. The molecule has 0 spiro atoms. The van der Waals surface area contributed by atoms with Crippen LogP contribution in [-0.2, 0) is 23.7 Å². The Bertz CT molecular complexity index is 432. The third kappa shape index (κ3) is 1.99. The van der Waals surface area contributed by atoms with Gasteiger partial charge in [-0.3, -0.25) is 0 Å². The van der Waals surface area contributed by atoms with Gasteiger partial charge in [0.05, 0.1) is 12.0 Å². The molecule has 3 heterocycles. The number of ether oxygens (including phenoxy) is 5. The molecule has 0 radical (unpaired) electrons. The first kappa shape index (κ1) is 13.1. The van der Waals surface area contributed by atoms with Crippen molar-refractivity contribution in [2.24, 2.45) is 11.8 Å². The lowest BCUT2D eigenvalue weighted by Gasteiger charge is -2.28. The molecule has 20 heavy (non-hydrogen) atoms. The van der Waals surface area contributed by atoms with Crippen LogP contribution in [0.25, 0.3) is 0 Å². The Morgan fingerprint density at radius 1 is 1.30 bits per heavy atom. The Kier molecular flexibility index (Phi) is 2.90. The zero-order valence-corrected chi connectivity index (χ0v) is 12.2. The molecule has 1 unspecified atom stereocenters. The third-order valence-electron chi connectivity index (χ3n) is 4.59. The van der Waals surface area contributed by atoms with Crippen LogP contribution in [0.1, 0.15) is 33.6 Å². The molecule has 3 fully saturated rings. The lowest BCUT2D eigenvalue weighted by atomic mass is 9.83. The summed E-state index contributed by atoms with van der Waals surface area (Å²) in [5.41, 5.74) is 0. The minimum Gasteiger partial charge on any atom is -0.466 e. The fourth-order valence-corrected chi connectivity index (χ4v) is 3.80. The third-order valence-corrected chi connectivity index (χ3v) is 4.59. The van der Waals surface area contributed by atoms with Crippen LogP contribution in [0.5, 0.6) is 0 Å². The van der Waals surface area contributed by atoms with Gasteiger partial charge in [-0.15, -0.1) is 0 Å². The fraction of sp³-hybridized carbons (Fsp3) is 0.867. The van der Waals surface area contributed by atoms with E-state index in [2.05, 4.69) is 6.08 Å². The van der Waals surface area contributed by atoms with Gasteiger partial charge in [0.15, 0.2) is 12.1 Å².